The molecule has 0 fully saturated rings. The van der Waals surface area contributed by atoms with Gasteiger partial charge in [-0.2, -0.15) is 4.98 Å². The van der Waals surface area contributed by atoms with Crippen LogP contribution in [0.1, 0.15) is 29.3 Å². The fourth-order valence-corrected chi connectivity index (χ4v) is 4.61. The number of nitrogens with one attached hydrogen (secondary N) is 1. The molecular formula is C25H22N4O3S. The number of carbonyl (C=O) groups is 1. The van der Waals surface area contributed by atoms with E-state index >= 15 is 0 Å². The van der Waals surface area contributed by atoms with E-state index < -0.39 is 6.04 Å². The Morgan fingerprint density at radius 2 is 1.97 bits per heavy atom. The second-order valence-electron chi connectivity index (χ2n) is 7.61. The molecule has 166 valence electrons. The molecule has 1 aliphatic heterocycles. The first kappa shape index (κ1) is 21.0. The third kappa shape index (κ3) is 4.12. The highest BCUT2D eigenvalue weighted by molar-refractivity contribution is 7.09. The molecule has 0 saturated carbocycles. The fraction of sp³-hybridized carbons (Fsp3) is 0.160. The molecule has 7 nitrogen and oxygen atoms in total. The van der Waals surface area contributed by atoms with Gasteiger partial charge in [0.2, 0.25) is 5.82 Å². The first-order valence-corrected chi connectivity index (χ1v) is 11.4. The van der Waals surface area contributed by atoms with Crippen LogP contribution in [0, 0.1) is 0 Å². The van der Waals surface area contributed by atoms with Crippen LogP contribution < -0.4 is 10.1 Å². The van der Waals surface area contributed by atoms with Crippen molar-refractivity contribution >= 4 is 22.9 Å². The normalized spacial score (nSPS) is 16.1. The maximum Gasteiger partial charge on any atom is 0.322 e. The van der Waals surface area contributed by atoms with Gasteiger partial charge in [-0.3, -0.25) is 4.90 Å². The minimum absolute atomic E-state index is 0.161. The van der Waals surface area contributed by atoms with Gasteiger partial charge in [0.25, 0.3) is 5.89 Å². The van der Waals surface area contributed by atoms with Crippen LogP contribution in [0.2, 0.25) is 0 Å². The zero-order valence-electron chi connectivity index (χ0n) is 18.2. The van der Waals surface area contributed by atoms with E-state index in [-0.39, 0.29) is 6.03 Å². The summed E-state index contributed by atoms with van der Waals surface area (Å²) in [6, 6.07) is 20.7. The van der Waals surface area contributed by atoms with Gasteiger partial charge in [-0.05, 0) is 36.1 Å². The molecule has 33 heavy (non-hydrogen) atoms. The molecular weight excluding hydrogens is 436 g/mol. The predicted molar refractivity (Wildman–Crippen MR) is 126 cm³/mol. The maximum atomic E-state index is 13.1. The summed E-state index contributed by atoms with van der Waals surface area (Å²) >= 11 is 1.61. The zero-order valence-corrected chi connectivity index (χ0v) is 19.0. The molecule has 0 spiro atoms. The lowest BCUT2D eigenvalue weighted by Gasteiger charge is -2.35. The van der Waals surface area contributed by atoms with Crippen LogP contribution in [0.25, 0.3) is 17.0 Å². The van der Waals surface area contributed by atoms with E-state index in [0.717, 1.165) is 27.3 Å². The van der Waals surface area contributed by atoms with Crippen LogP contribution in [-0.2, 0) is 6.54 Å². The maximum absolute atomic E-state index is 13.1. The van der Waals surface area contributed by atoms with Gasteiger partial charge in [-0.15, -0.1) is 11.3 Å². The molecule has 2 amide bonds. The molecule has 5 rings (SSSR count). The lowest BCUT2D eigenvalue weighted by molar-refractivity contribution is 0.203. The molecule has 1 unspecified atom stereocenters. The Hall–Kier alpha value is -3.91. The molecule has 0 bridgehead atoms. The highest BCUT2D eigenvalue weighted by atomic mass is 32.1. The lowest BCUT2D eigenvalue weighted by Crippen LogP contribution is -2.45. The van der Waals surface area contributed by atoms with Crippen LogP contribution in [0.15, 0.2) is 82.3 Å². The molecule has 2 aromatic heterocycles. The van der Waals surface area contributed by atoms with E-state index in [1.807, 2.05) is 79.0 Å². The fourth-order valence-electron chi connectivity index (χ4n) is 3.91. The Bertz CT molecular complexity index is 1300. The highest BCUT2D eigenvalue weighted by Crippen LogP contribution is 2.38. The summed E-state index contributed by atoms with van der Waals surface area (Å²) in [4.78, 5) is 20.6. The first-order chi connectivity index (χ1) is 16.1. The van der Waals surface area contributed by atoms with Gasteiger partial charge in [-0.25, -0.2) is 4.79 Å². The highest BCUT2D eigenvalue weighted by Gasteiger charge is 2.35. The van der Waals surface area contributed by atoms with Crippen molar-refractivity contribution in [3.63, 3.8) is 0 Å². The van der Waals surface area contributed by atoms with Crippen molar-refractivity contribution < 1.29 is 14.1 Å². The number of thiophene rings is 1. The van der Waals surface area contributed by atoms with Crippen molar-refractivity contribution in [1.82, 2.24) is 20.4 Å². The second-order valence-corrected chi connectivity index (χ2v) is 8.65. The van der Waals surface area contributed by atoms with Crippen LogP contribution in [0.5, 0.6) is 5.75 Å². The van der Waals surface area contributed by atoms with E-state index in [9.17, 15) is 4.79 Å². The number of carbonyl (C=O) groups excluding carboxylic acids is 1. The van der Waals surface area contributed by atoms with Crippen LogP contribution >= 0.6 is 11.3 Å². The SMILES string of the molecule is COc1cccc(-c2noc(C3=C(C)N(Cc4cccs4)C(=O)NC3c3ccccc3)n2)c1. The first-order valence-electron chi connectivity index (χ1n) is 10.5. The molecule has 4 aromatic rings. The summed E-state index contributed by atoms with van der Waals surface area (Å²) in [6.07, 6.45) is 0. The van der Waals surface area contributed by atoms with E-state index in [1.165, 1.54) is 0 Å². The van der Waals surface area contributed by atoms with Crippen LogP contribution in [-0.4, -0.2) is 28.2 Å². The summed E-state index contributed by atoms with van der Waals surface area (Å²) in [5, 5.41) is 9.34. The average molecular weight is 459 g/mol. The van der Waals surface area contributed by atoms with Crippen LogP contribution in [0.4, 0.5) is 4.79 Å². The second kappa shape index (κ2) is 8.91. The summed E-state index contributed by atoms with van der Waals surface area (Å²) < 4.78 is 11.1. The quantitative estimate of drug-likeness (QED) is 0.412. The third-order valence-corrected chi connectivity index (χ3v) is 6.47. The van der Waals surface area contributed by atoms with Gasteiger partial charge in [0, 0.05) is 16.1 Å². The molecule has 3 heterocycles. The summed E-state index contributed by atoms with van der Waals surface area (Å²) in [6.45, 7) is 2.39. The number of hydrogen-bond donors (Lipinski definition) is 1. The lowest BCUT2D eigenvalue weighted by atomic mass is 9.94. The summed E-state index contributed by atoms with van der Waals surface area (Å²) in [5.74, 6) is 1.54. The largest absolute Gasteiger partial charge is 0.497 e. The Morgan fingerprint density at radius 3 is 2.73 bits per heavy atom. The molecule has 1 atom stereocenters. The number of methoxy groups -OCH3 is 1. The zero-order chi connectivity index (χ0) is 22.8. The van der Waals surface area contributed by atoms with Gasteiger partial charge in [0.05, 0.1) is 25.3 Å². The number of benzene rings is 2. The molecule has 8 heteroatoms. The Labute approximate surface area is 195 Å². The number of amides is 2. The van der Waals surface area contributed by atoms with Crippen molar-refractivity contribution in [1.29, 1.82) is 0 Å². The number of nitrogens with zero attached hydrogens (tertiary/aromatic N) is 3. The minimum Gasteiger partial charge on any atom is -0.497 e. The molecule has 1 aliphatic rings. The van der Waals surface area contributed by atoms with Crippen LogP contribution in [0.3, 0.4) is 0 Å². The number of ether oxygens (including phenoxy) is 1. The van der Waals surface area contributed by atoms with Gasteiger partial charge < -0.3 is 14.6 Å². The molecule has 2 aromatic carbocycles. The molecule has 1 N–H and O–H groups in total. The van der Waals surface area contributed by atoms with Crippen molar-refractivity contribution in [3.8, 4) is 17.1 Å². The van der Waals surface area contributed by atoms with Gasteiger partial charge in [-0.1, -0.05) is 53.7 Å². The third-order valence-electron chi connectivity index (χ3n) is 5.61. The molecule has 0 aliphatic carbocycles. The molecule has 0 radical (unpaired) electrons. The minimum atomic E-state index is -0.406. The number of allylic oxidation sites excluding steroid dienone is 1. The van der Waals surface area contributed by atoms with E-state index in [1.54, 1.807) is 23.3 Å². The van der Waals surface area contributed by atoms with E-state index in [4.69, 9.17) is 14.2 Å². The van der Waals surface area contributed by atoms with E-state index in [0.29, 0.717) is 24.0 Å². The Kier molecular flexibility index (Phi) is 5.66. The summed E-state index contributed by atoms with van der Waals surface area (Å²) in [7, 11) is 1.62. The van der Waals surface area contributed by atoms with Gasteiger partial charge in [0.15, 0.2) is 0 Å². The Morgan fingerprint density at radius 1 is 1.12 bits per heavy atom. The van der Waals surface area contributed by atoms with Crippen molar-refractivity contribution in [2.45, 2.75) is 19.5 Å². The standard InChI is InChI=1S/C25H22N4O3S/c1-16-21(24-27-23(28-32-24)18-10-6-11-19(14-18)31-2)22(17-8-4-3-5-9-17)26-25(30)29(16)15-20-12-7-13-33-20/h3-14,22H,15H2,1-2H3,(H,26,30). The van der Waals surface area contributed by atoms with Crippen molar-refractivity contribution in [2.75, 3.05) is 7.11 Å². The molecule has 0 saturated heterocycles. The number of aromatic nitrogens is 2. The summed E-state index contributed by atoms with van der Waals surface area (Å²) in [5.41, 5.74) is 3.28. The van der Waals surface area contributed by atoms with Crippen molar-refractivity contribution in [2.24, 2.45) is 0 Å². The number of rotatable bonds is 6. The monoisotopic (exact) mass is 458 g/mol. The topological polar surface area (TPSA) is 80.5 Å². The van der Waals surface area contributed by atoms with Gasteiger partial charge in [0.1, 0.15) is 5.75 Å². The number of urea groups is 1. The number of hydrogen-bond acceptors (Lipinski definition) is 6. The Balaban J connectivity index is 1.59. The van der Waals surface area contributed by atoms with E-state index in [2.05, 4.69) is 10.5 Å². The van der Waals surface area contributed by atoms with Gasteiger partial charge >= 0.3 is 6.03 Å². The predicted octanol–water partition coefficient (Wildman–Crippen LogP) is 5.50. The van der Waals surface area contributed by atoms with Crippen molar-refractivity contribution in [3.05, 3.63) is 94.1 Å². The smallest absolute Gasteiger partial charge is 0.322 e. The average Bonchev–Trinajstić information content (AvgIpc) is 3.54.